The molecule has 1 aromatic heterocycles. The van der Waals surface area contributed by atoms with Gasteiger partial charge in [-0.15, -0.1) is 11.3 Å². The van der Waals surface area contributed by atoms with Crippen molar-refractivity contribution in [2.75, 3.05) is 11.9 Å². The zero-order chi connectivity index (χ0) is 16.9. The number of carbonyl (C=O) groups excluding carboxylic acids is 1. The lowest BCUT2D eigenvalue weighted by molar-refractivity contribution is -0.118. The van der Waals surface area contributed by atoms with E-state index < -0.39 is 0 Å². The molecule has 2 aromatic carbocycles. The van der Waals surface area contributed by atoms with Gasteiger partial charge in [0.1, 0.15) is 5.75 Å². The Morgan fingerprint density at radius 2 is 2.04 bits per heavy atom. The summed E-state index contributed by atoms with van der Waals surface area (Å²) in [5.41, 5.74) is 1.84. The predicted octanol–water partition coefficient (Wildman–Crippen LogP) is 5.24. The maximum absolute atomic E-state index is 12.0. The molecule has 0 fully saturated rings. The number of anilines is 1. The van der Waals surface area contributed by atoms with Crippen LogP contribution in [0, 0.1) is 0 Å². The molecule has 0 aliphatic heterocycles. The predicted molar refractivity (Wildman–Crippen MR) is 101 cm³/mol. The smallest absolute Gasteiger partial charge is 0.264 e. The molecule has 0 unspecified atom stereocenters. The molecule has 0 bridgehead atoms. The van der Waals surface area contributed by atoms with Gasteiger partial charge in [-0.2, -0.15) is 0 Å². The average molecular weight is 424 g/mol. The molecule has 0 spiro atoms. The van der Waals surface area contributed by atoms with Crippen molar-refractivity contribution in [1.29, 1.82) is 0 Å². The summed E-state index contributed by atoms with van der Waals surface area (Å²) < 4.78 is 6.17. The number of carbonyl (C=O) groups is 1. The van der Waals surface area contributed by atoms with Crippen LogP contribution in [0.4, 0.5) is 5.13 Å². The van der Waals surface area contributed by atoms with Crippen LogP contribution in [0.1, 0.15) is 0 Å². The summed E-state index contributed by atoms with van der Waals surface area (Å²) in [7, 11) is 0. The molecular formula is C17H12BrClN2O2S. The quantitative estimate of drug-likeness (QED) is 0.610. The highest BCUT2D eigenvalue weighted by Gasteiger charge is 2.10. The second kappa shape index (κ2) is 7.79. The van der Waals surface area contributed by atoms with Crippen LogP contribution in [-0.4, -0.2) is 17.5 Å². The Kier molecular flexibility index (Phi) is 5.50. The number of nitrogens with one attached hydrogen (secondary N) is 1. The maximum atomic E-state index is 12.0. The minimum absolute atomic E-state index is 0.111. The van der Waals surface area contributed by atoms with Crippen LogP contribution in [0.2, 0.25) is 5.02 Å². The lowest BCUT2D eigenvalue weighted by atomic mass is 10.2. The van der Waals surface area contributed by atoms with Crippen molar-refractivity contribution in [3.05, 3.63) is 63.4 Å². The summed E-state index contributed by atoms with van der Waals surface area (Å²) in [6, 6.07) is 14.9. The van der Waals surface area contributed by atoms with Gasteiger partial charge in [0.05, 0.1) is 10.2 Å². The second-order valence-electron chi connectivity index (χ2n) is 4.82. The molecule has 0 atom stereocenters. The van der Waals surface area contributed by atoms with Crippen molar-refractivity contribution in [1.82, 2.24) is 4.98 Å². The molecule has 1 heterocycles. The van der Waals surface area contributed by atoms with Crippen LogP contribution >= 0.6 is 38.9 Å². The average Bonchev–Trinajstić information content (AvgIpc) is 3.03. The summed E-state index contributed by atoms with van der Waals surface area (Å²) in [6.07, 6.45) is 0. The zero-order valence-electron chi connectivity index (χ0n) is 12.3. The number of halogens is 2. The van der Waals surface area contributed by atoms with Crippen molar-refractivity contribution in [2.45, 2.75) is 0 Å². The van der Waals surface area contributed by atoms with Gasteiger partial charge < -0.3 is 4.74 Å². The number of aromatic nitrogens is 1. The number of thiazole rings is 1. The van der Waals surface area contributed by atoms with Crippen LogP contribution in [0.3, 0.4) is 0 Å². The normalized spacial score (nSPS) is 10.4. The van der Waals surface area contributed by atoms with Crippen LogP contribution in [0.15, 0.2) is 58.4 Å². The number of hydrogen-bond donors (Lipinski definition) is 1. The first kappa shape index (κ1) is 17.0. The van der Waals surface area contributed by atoms with Crippen LogP contribution in [0.25, 0.3) is 11.3 Å². The molecule has 4 nitrogen and oxygen atoms in total. The lowest BCUT2D eigenvalue weighted by Crippen LogP contribution is -2.20. The molecule has 3 aromatic rings. The van der Waals surface area contributed by atoms with E-state index in [9.17, 15) is 4.79 Å². The highest BCUT2D eigenvalue weighted by molar-refractivity contribution is 9.10. The van der Waals surface area contributed by atoms with Gasteiger partial charge in [0.25, 0.3) is 5.91 Å². The Balaban J connectivity index is 1.58. The van der Waals surface area contributed by atoms with Gasteiger partial charge in [0.15, 0.2) is 11.7 Å². The Hall–Kier alpha value is -1.89. The van der Waals surface area contributed by atoms with Gasteiger partial charge in [-0.3, -0.25) is 10.1 Å². The van der Waals surface area contributed by atoms with E-state index in [4.69, 9.17) is 16.3 Å². The van der Waals surface area contributed by atoms with E-state index in [2.05, 4.69) is 26.2 Å². The second-order valence-corrected chi connectivity index (χ2v) is 6.96. The third-order valence-electron chi connectivity index (χ3n) is 3.07. The molecule has 0 aliphatic carbocycles. The fourth-order valence-corrected chi connectivity index (χ4v) is 3.50. The molecule has 24 heavy (non-hydrogen) atoms. The molecule has 0 saturated heterocycles. The molecule has 0 aliphatic rings. The fraction of sp³-hybridized carbons (Fsp3) is 0.0588. The first-order valence-corrected chi connectivity index (χ1v) is 9.05. The van der Waals surface area contributed by atoms with Crippen molar-refractivity contribution in [2.24, 2.45) is 0 Å². The number of nitrogens with zero attached hydrogens (tertiary/aromatic N) is 1. The number of rotatable bonds is 5. The van der Waals surface area contributed by atoms with Crippen LogP contribution < -0.4 is 10.1 Å². The van der Waals surface area contributed by atoms with Crippen molar-refractivity contribution in [3.8, 4) is 17.0 Å². The van der Waals surface area contributed by atoms with E-state index in [0.717, 1.165) is 11.3 Å². The SMILES string of the molecule is O=C(COc1ccc(Cl)cc1Br)Nc1nc(-c2ccccc2)cs1. The Bertz CT molecular complexity index is 855. The molecular weight excluding hydrogens is 412 g/mol. The Morgan fingerprint density at radius 1 is 1.25 bits per heavy atom. The topological polar surface area (TPSA) is 51.2 Å². The van der Waals surface area contributed by atoms with Crippen LogP contribution in [0.5, 0.6) is 5.75 Å². The zero-order valence-corrected chi connectivity index (χ0v) is 15.5. The van der Waals surface area contributed by atoms with Gasteiger partial charge in [-0.25, -0.2) is 4.98 Å². The summed E-state index contributed by atoms with van der Waals surface area (Å²) in [4.78, 5) is 16.4. The van der Waals surface area contributed by atoms with Crippen molar-refractivity contribution in [3.63, 3.8) is 0 Å². The number of amides is 1. The van der Waals surface area contributed by atoms with Crippen molar-refractivity contribution >= 4 is 49.9 Å². The van der Waals surface area contributed by atoms with Gasteiger partial charge in [0, 0.05) is 16.0 Å². The molecule has 7 heteroatoms. The van der Waals surface area contributed by atoms with Gasteiger partial charge >= 0.3 is 0 Å². The Morgan fingerprint density at radius 3 is 2.79 bits per heavy atom. The highest BCUT2D eigenvalue weighted by Crippen LogP contribution is 2.28. The standard InChI is InChI=1S/C17H12BrClN2O2S/c18-13-8-12(19)6-7-15(13)23-9-16(22)21-17-20-14(10-24-17)11-4-2-1-3-5-11/h1-8,10H,9H2,(H,20,21,22). The first-order valence-electron chi connectivity index (χ1n) is 7.00. The largest absolute Gasteiger partial charge is 0.483 e. The van der Waals surface area contributed by atoms with E-state index in [1.807, 2.05) is 35.7 Å². The van der Waals surface area contributed by atoms with E-state index in [-0.39, 0.29) is 12.5 Å². The number of hydrogen-bond acceptors (Lipinski definition) is 4. The minimum atomic E-state index is -0.272. The monoisotopic (exact) mass is 422 g/mol. The molecule has 3 rings (SSSR count). The lowest BCUT2D eigenvalue weighted by Gasteiger charge is -2.07. The number of benzene rings is 2. The van der Waals surface area contributed by atoms with E-state index >= 15 is 0 Å². The summed E-state index contributed by atoms with van der Waals surface area (Å²) in [5.74, 6) is 0.282. The van der Waals surface area contributed by atoms with Gasteiger partial charge in [-0.05, 0) is 34.1 Å². The van der Waals surface area contributed by atoms with E-state index in [1.54, 1.807) is 18.2 Å². The van der Waals surface area contributed by atoms with E-state index in [1.165, 1.54) is 11.3 Å². The summed E-state index contributed by atoms with van der Waals surface area (Å²) >= 11 is 10.6. The van der Waals surface area contributed by atoms with Crippen molar-refractivity contribution < 1.29 is 9.53 Å². The van der Waals surface area contributed by atoms with E-state index in [0.29, 0.717) is 20.4 Å². The fourth-order valence-electron chi connectivity index (χ4n) is 1.96. The number of ether oxygens (including phenoxy) is 1. The van der Waals surface area contributed by atoms with Gasteiger partial charge in [0.2, 0.25) is 0 Å². The Labute approximate surface area is 156 Å². The van der Waals surface area contributed by atoms with Crippen LogP contribution in [-0.2, 0) is 4.79 Å². The molecule has 122 valence electrons. The van der Waals surface area contributed by atoms with Gasteiger partial charge in [-0.1, -0.05) is 41.9 Å². The third-order valence-corrected chi connectivity index (χ3v) is 4.69. The third kappa shape index (κ3) is 4.35. The highest BCUT2D eigenvalue weighted by atomic mass is 79.9. The molecule has 1 amide bonds. The molecule has 0 saturated carbocycles. The summed E-state index contributed by atoms with van der Waals surface area (Å²) in [6.45, 7) is -0.111. The first-order chi connectivity index (χ1) is 11.6. The minimum Gasteiger partial charge on any atom is -0.483 e. The summed E-state index contributed by atoms with van der Waals surface area (Å²) in [5, 5.41) is 5.77. The maximum Gasteiger partial charge on any atom is 0.264 e. The molecule has 1 N–H and O–H groups in total. The molecule has 0 radical (unpaired) electrons.